The summed E-state index contributed by atoms with van der Waals surface area (Å²) >= 11 is 0. The van der Waals surface area contributed by atoms with Gasteiger partial charge in [0.05, 0.1) is 5.69 Å². The molecule has 4 rings (SSSR count). The lowest BCUT2D eigenvalue weighted by atomic mass is 9.92. The Kier molecular flexibility index (Phi) is 4.47. The van der Waals surface area contributed by atoms with Crippen LogP contribution in [0.4, 0.5) is 11.6 Å². The van der Waals surface area contributed by atoms with E-state index in [1.807, 2.05) is 18.3 Å². The first kappa shape index (κ1) is 17.4. The fourth-order valence-corrected chi connectivity index (χ4v) is 3.10. The van der Waals surface area contributed by atoms with Crippen molar-refractivity contribution in [3.8, 4) is 5.82 Å². The molecule has 1 aliphatic heterocycles. The van der Waals surface area contributed by atoms with Crippen LogP contribution < -0.4 is 9.80 Å². The van der Waals surface area contributed by atoms with E-state index < -0.39 is 0 Å². The maximum absolute atomic E-state index is 4.44. The maximum atomic E-state index is 4.44. The molecule has 0 aromatic carbocycles. The van der Waals surface area contributed by atoms with Crippen LogP contribution in [0.5, 0.6) is 0 Å². The summed E-state index contributed by atoms with van der Waals surface area (Å²) < 4.78 is 1.74. The minimum Gasteiger partial charge on any atom is -0.353 e. The molecule has 8 nitrogen and oxygen atoms in total. The average molecular weight is 364 g/mol. The summed E-state index contributed by atoms with van der Waals surface area (Å²) in [7, 11) is 0. The van der Waals surface area contributed by atoms with Gasteiger partial charge in [-0.1, -0.05) is 20.8 Å². The Hall–Kier alpha value is -3.03. The lowest BCUT2D eigenvalue weighted by Crippen LogP contribution is -2.47. The van der Waals surface area contributed by atoms with Crippen LogP contribution >= 0.6 is 0 Å². The highest BCUT2D eigenvalue weighted by molar-refractivity contribution is 5.47. The Morgan fingerprint density at radius 3 is 2.15 bits per heavy atom. The standard InChI is InChI=1S/C19H24N8/c1-19(2,3)15-5-6-16(24-23-15)25-9-11-26(12-10-25)17-13-18(21-14-20-17)27-8-4-7-22-27/h4-8,13-14H,9-12H2,1-3H3. The number of piperazine rings is 1. The molecule has 1 fully saturated rings. The van der Waals surface area contributed by atoms with Crippen LogP contribution in [0.2, 0.25) is 0 Å². The Labute approximate surface area is 158 Å². The smallest absolute Gasteiger partial charge is 0.158 e. The van der Waals surface area contributed by atoms with Crippen molar-refractivity contribution in [3.63, 3.8) is 0 Å². The van der Waals surface area contributed by atoms with Crippen LogP contribution in [0.3, 0.4) is 0 Å². The molecule has 4 heterocycles. The van der Waals surface area contributed by atoms with Crippen molar-refractivity contribution in [2.75, 3.05) is 36.0 Å². The Balaban J connectivity index is 1.43. The molecule has 0 radical (unpaired) electrons. The minimum atomic E-state index is 0.0174. The van der Waals surface area contributed by atoms with E-state index in [2.05, 4.69) is 68.0 Å². The minimum absolute atomic E-state index is 0.0174. The second kappa shape index (κ2) is 6.94. The van der Waals surface area contributed by atoms with Gasteiger partial charge < -0.3 is 9.80 Å². The van der Waals surface area contributed by atoms with E-state index in [0.717, 1.165) is 49.3 Å². The Morgan fingerprint density at radius 1 is 0.852 bits per heavy atom. The third-order valence-electron chi connectivity index (χ3n) is 4.72. The second-order valence-corrected chi connectivity index (χ2v) is 7.69. The van der Waals surface area contributed by atoms with E-state index in [4.69, 9.17) is 0 Å². The van der Waals surface area contributed by atoms with Gasteiger partial charge in [-0.3, -0.25) is 0 Å². The second-order valence-electron chi connectivity index (χ2n) is 7.69. The molecule has 0 amide bonds. The van der Waals surface area contributed by atoms with E-state index in [9.17, 15) is 0 Å². The Bertz CT molecular complexity index is 875. The molecule has 0 atom stereocenters. The highest BCUT2D eigenvalue weighted by atomic mass is 15.3. The van der Waals surface area contributed by atoms with Crippen molar-refractivity contribution < 1.29 is 0 Å². The maximum Gasteiger partial charge on any atom is 0.158 e. The summed E-state index contributed by atoms with van der Waals surface area (Å²) in [6.07, 6.45) is 5.21. The molecule has 8 heteroatoms. The fraction of sp³-hybridized carbons (Fsp3) is 0.421. The van der Waals surface area contributed by atoms with Gasteiger partial charge in [-0.2, -0.15) is 10.2 Å². The molecule has 0 spiro atoms. The number of nitrogens with zero attached hydrogens (tertiary/aromatic N) is 8. The van der Waals surface area contributed by atoms with Gasteiger partial charge in [0, 0.05) is 50.1 Å². The van der Waals surface area contributed by atoms with E-state index in [0.29, 0.717) is 0 Å². The van der Waals surface area contributed by atoms with Crippen LogP contribution in [0.1, 0.15) is 26.5 Å². The van der Waals surface area contributed by atoms with Crippen molar-refractivity contribution in [2.45, 2.75) is 26.2 Å². The largest absolute Gasteiger partial charge is 0.353 e. The normalized spacial score (nSPS) is 15.2. The average Bonchev–Trinajstić information content (AvgIpc) is 3.23. The molecule has 0 bridgehead atoms. The molecular formula is C19H24N8. The van der Waals surface area contributed by atoms with Gasteiger partial charge >= 0.3 is 0 Å². The summed E-state index contributed by atoms with van der Waals surface area (Å²) in [5.74, 6) is 2.63. The molecule has 1 saturated heterocycles. The van der Waals surface area contributed by atoms with Crippen LogP contribution in [0.25, 0.3) is 5.82 Å². The van der Waals surface area contributed by atoms with Gasteiger partial charge in [0.2, 0.25) is 0 Å². The number of anilines is 2. The van der Waals surface area contributed by atoms with Gasteiger partial charge in [-0.15, -0.1) is 5.10 Å². The van der Waals surface area contributed by atoms with E-state index in [1.165, 1.54) is 0 Å². The van der Waals surface area contributed by atoms with Crippen LogP contribution in [0.15, 0.2) is 43.0 Å². The zero-order chi connectivity index (χ0) is 18.9. The van der Waals surface area contributed by atoms with Gasteiger partial charge in [0.25, 0.3) is 0 Å². The van der Waals surface area contributed by atoms with Crippen molar-refractivity contribution in [1.82, 2.24) is 29.9 Å². The van der Waals surface area contributed by atoms with Gasteiger partial charge in [0.15, 0.2) is 11.6 Å². The first-order valence-corrected chi connectivity index (χ1v) is 9.17. The van der Waals surface area contributed by atoms with Gasteiger partial charge in [0.1, 0.15) is 12.1 Å². The van der Waals surface area contributed by atoms with E-state index in [-0.39, 0.29) is 5.41 Å². The number of aromatic nitrogens is 6. The van der Waals surface area contributed by atoms with E-state index in [1.54, 1.807) is 17.2 Å². The summed E-state index contributed by atoms with van der Waals surface area (Å²) in [5.41, 5.74) is 1.03. The highest BCUT2D eigenvalue weighted by Gasteiger charge is 2.21. The number of hydrogen-bond donors (Lipinski definition) is 0. The molecular weight excluding hydrogens is 340 g/mol. The van der Waals surface area contributed by atoms with Gasteiger partial charge in [-0.25, -0.2) is 14.6 Å². The van der Waals surface area contributed by atoms with E-state index >= 15 is 0 Å². The lowest BCUT2D eigenvalue weighted by Gasteiger charge is -2.36. The van der Waals surface area contributed by atoms with Gasteiger partial charge in [-0.05, 0) is 18.2 Å². The molecule has 3 aromatic heterocycles. The molecule has 140 valence electrons. The van der Waals surface area contributed by atoms with Crippen LogP contribution in [0, 0.1) is 0 Å². The summed E-state index contributed by atoms with van der Waals surface area (Å²) in [6, 6.07) is 8.01. The predicted molar refractivity (Wildman–Crippen MR) is 104 cm³/mol. The molecule has 0 unspecified atom stereocenters. The zero-order valence-corrected chi connectivity index (χ0v) is 15.9. The SMILES string of the molecule is CC(C)(C)c1ccc(N2CCN(c3cc(-n4cccn4)ncn3)CC2)nn1. The van der Waals surface area contributed by atoms with Crippen molar-refractivity contribution in [3.05, 3.63) is 48.7 Å². The number of hydrogen-bond acceptors (Lipinski definition) is 7. The first-order valence-electron chi connectivity index (χ1n) is 9.17. The van der Waals surface area contributed by atoms with Crippen LogP contribution in [-0.4, -0.2) is 56.1 Å². The summed E-state index contributed by atoms with van der Waals surface area (Å²) in [5, 5.41) is 13.1. The Morgan fingerprint density at radius 2 is 1.56 bits per heavy atom. The molecule has 0 saturated carbocycles. The first-order chi connectivity index (χ1) is 13.0. The highest BCUT2D eigenvalue weighted by Crippen LogP contribution is 2.22. The molecule has 1 aliphatic rings. The molecule has 0 N–H and O–H groups in total. The monoisotopic (exact) mass is 364 g/mol. The summed E-state index contributed by atoms with van der Waals surface area (Å²) in [6.45, 7) is 9.95. The van der Waals surface area contributed by atoms with Crippen molar-refractivity contribution in [2.24, 2.45) is 0 Å². The predicted octanol–water partition coefficient (Wildman–Crippen LogP) is 2.08. The summed E-state index contributed by atoms with van der Waals surface area (Å²) in [4.78, 5) is 13.3. The topological polar surface area (TPSA) is 75.9 Å². The molecule has 27 heavy (non-hydrogen) atoms. The number of rotatable bonds is 3. The van der Waals surface area contributed by atoms with Crippen molar-refractivity contribution >= 4 is 11.6 Å². The fourth-order valence-electron chi connectivity index (χ4n) is 3.10. The zero-order valence-electron chi connectivity index (χ0n) is 15.9. The third-order valence-corrected chi connectivity index (χ3v) is 4.72. The molecule has 0 aliphatic carbocycles. The quantitative estimate of drug-likeness (QED) is 0.704. The van der Waals surface area contributed by atoms with Crippen LogP contribution in [-0.2, 0) is 5.41 Å². The lowest BCUT2D eigenvalue weighted by molar-refractivity contribution is 0.556. The third kappa shape index (κ3) is 3.74. The van der Waals surface area contributed by atoms with Crippen molar-refractivity contribution in [1.29, 1.82) is 0 Å². The molecule has 3 aromatic rings.